The van der Waals surface area contributed by atoms with Gasteiger partial charge in [0.25, 0.3) is 0 Å². The summed E-state index contributed by atoms with van der Waals surface area (Å²) in [7, 11) is 0. The second-order valence-corrected chi connectivity index (χ2v) is 14.0. The van der Waals surface area contributed by atoms with Crippen molar-refractivity contribution in [1.82, 2.24) is 9.97 Å². The molecule has 1 heterocycles. The largest absolute Gasteiger partial charge is 0.228 e. The Kier molecular flexibility index (Phi) is 7.46. The molecule has 2 nitrogen and oxygen atoms in total. The monoisotopic (exact) mass is 632 g/mol. The first kappa shape index (κ1) is 29.8. The summed E-state index contributed by atoms with van der Waals surface area (Å²) in [6.07, 6.45) is 14.0. The van der Waals surface area contributed by atoms with Gasteiger partial charge in [0.1, 0.15) is 0 Å². The Morgan fingerprint density at radius 2 is 1.10 bits per heavy atom. The first-order chi connectivity index (χ1) is 24.2. The molecule has 1 aromatic heterocycles. The SMILES string of the molecule is Cc1c(-c2cccc(-c3cc(-c4ccccc4)nc(-c4ccccc4)n3)c2)cccc1-c1ccc2c(c1)C1=CCCC=C1C21CCCCC1. The number of nitrogens with zero attached hydrogens (tertiary/aromatic N) is 2. The molecule has 0 saturated heterocycles. The normalized spacial score (nSPS) is 16.1. The minimum atomic E-state index is 0.234. The number of hydrogen-bond acceptors (Lipinski definition) is 2. The molecule has 238 valence electrons. The van der Waals surface area contributed by atoms with Gasteiger partial charge in [-0.15, -0.1) is 0 Å². The highest BCUT2D eigenvalue weighted by Gasteiger charge is 2.46. The topological polar surface area (TPSA) is 25.8 Å². The number of aromatic nitrogens is 2. The highest BCUT2D eigenvalue weighted by molar-refractivity contribution is 5.93. The van der Waals surface area contributed by atoms with E-state index in [2.05, 4.69) is 122 Å². The first-order valence-corrected chi connectivity index (χ1v) is 17.9. The van der Waals surface area contributed by atoms with Crippen LogP contribution in [-0.4, -0.2) is 9.97 Å². The zero-order chi connectivity index (χ0) is 32.8. The maximum atomic E-state index is 5.10. The van der Waals surface area contributed by atoms with Crippen LogP contribution < -0.4 is 0 Å². The second-order valence-electron chi connectivity index (χ2n) is 14.0. The van der Waals surface area contributed by atoms with E-state index in [0.29, 0.717) is 0 Å². The molecule has 0 atom stereocenters. The Morgan fingerprint density at radius 1 is 0.490 bits per heavy atom. The molecule has 0 amide bonds. The molecule has 2 heteroatoms. The molecule has 0 N–H and O–H groups in total. The van der Waals surface area contributed by atoms with Crippen LogP contribution >= 0.6 is 0 Å². The van der Waals surface area contributed by atoms with Crippen molar-refractivity contribution < 1.29 is 0 Å². The van der Waals surface area contributed by atoms with E-state index in [1.807, 2.05) is 24.3 Å². The highest BCUT2D eigenvalue weighted by atomic mass is 14.9. The summed E-state index contributed by atoms with van der Waals surface area (Å²) in [5.74, 6) is 0.734. The molecule has 3 aliphatic carbocycles. The Labute approximate surface area is 290 Å². The van der Waals surface area contributed by atoms with Crippen LogP contribution in [0.2, 0.25) is 0 Å². The van der Waals surface area contributed by atoms with Crippen LogP contribution in [0.25, 0.3) is 61.7 Å². The van der Waals surface area contributed by atoms with Crippen molar-refractivity contribution in [3.8, 4) is 56.2 Å². The van der Waals surface area contributed by atoms with Crippen LogP contribution in [0.5, 0.6) is 0 Å². The van der Waals surface area contributed by atoms with E-state index >= 15 is 0 Å². The van der Waals surface area contributed by atoms with Crippen molar-refractivity contribution in [2.45, 2.75) is 57.3 Å². The van der Waals surface area contributed by atoms with Crippen LogP contribution in [-0.2, 0) is 5.41 Å². The molecule has 1 saturated carbocycles. The number of benzene rings is 5. The number of allylic oxidation sites excluding steroid dienone is 4. The fraction of sp³-hybridized carbons (Fsp3) is 0.191. The number of rotatable bonds is 5. The van der Waals surface area contributed by atoms with Gasteiger partial charge < -0.3 is 0 Å². The van der Waals surface area contributed by atoms with Gasteiger partial charge in [-0.3, -0.25) is 0 Å². The lowest BCUT2D eigenvalue weighted by molar-refractivity contribution is 0.352. The van der Waals surface area contributed by atoms with Crippen LogP contribution in [0.3, 0.4) is 0 Å². The lowest BCUT2D eigenvalue weighted by Gasteiger charge is -2.37. The maximum absolute atomic E-state index is 5.10. The lowest BCUT2D eigenvalue weighted by Crippen LogP contribution is -2.28. The van der Waals surface area contributed by atoms with Crippen molar-refractivity contribution in [2.75, 3.05) is 0 Å². The van der Waals surface area contributed by atoms with Gasteiger partial charge in [0.15, 0.2) is 5.82 Å². The predicted molar refractivity (Wildman–Crippen MR) is 204 cm³/mol. The fourth-order valence-corrected chi connectivity index (χ4v) is 8.75. The van der Waals surface area contributed by atoms with Gasteiger partial charge in [-0.05, 0) is 101 Å². The Morgan fingerprint density at radius 3 is 1.86 bits per heavy atom. The van der Waals surface area contributed by atoms with E-state index in [-0.39, 0.29) is 5.41 Å². The molecule has 3 aliphatic rings. The zero-order valence-electron chi connectivity index (χ0n) is 28.1. The average molecular weight is 633 g/mol. The third-order valence-electron chi connectivity index (χ3n) is 11.1. The maximum Gasteiger partial charge on any atom is 0.160 e. The molecule has 9 rings (SSSR count). The van der Waals surface area contributed by atoms with Crippen molar-refractivity contribution >= 4 is 5.57 Å². The number of fused-ring (bicyclic) bond motifs is 5. The van der Waals surface area contributed by atoms with Crippen LogP contribution in [0.4, 0.5) is 0 Å². The molecule has 0 aliphatic heterocycles. The minimum absolute atomic E-state index is 0.234. The van der Waals surface area contributed by atoms with E-state index in [1.54, 1.807) is 11.1 Å². The van der Waals surface area contributed by atoms with Crippen molar-refractivity contribution in [1.29, 1.82) is 0 Å². The van der Waals surface area contributed by atoms with Gasteiger partial charge in [0.05, 0.1) is 11.4 Å². The van der Waals surface area contributed by atoms with E-state index in [9.17, 15) is 0 Å². The van der Waals surface area contributed by atoms with E-state index in [4.69, 9.17) is 9.97 Å². The molecule has 1 fully saturated rings. The lowest BCUT2D eigenvalue weighted by atomic mass is 9.67. The standard InChI is InChI=1S/C47H40N2/c1-32-38(22-14-23-39(32)36-25-26-43-41(30-36)40-21-9-10-24-42(40)47(43)27-11-4-12-28-47)35-19-13-20-37(29-35)45-31-44(33-15-5-2-6-16-33)48-46(49-45)34-17-7-3-8-18-34/h2-3,5-8,13-26,29-31H,4,9-12,27-28H2,1H3. The molecular formula is C47H40N2. The summed E-state index contributed by atoms with van der Waals surface area (Å²) in [6.45, 7) is 2.28. The quantitative estimate of drug-likeness (QED) is 0.189. The zero-order valence-corrected chi connectivity index (χ0v) is 28.1. The van der Waals surface area contributed by atoms with Crippen LogP contribution in [0.1, 0.15) is 61.6 Å². The summed E-state index contributed by atoms with van der Waals surface area (Å²) >= 11 is 0. The molecule has 0 bridgehead atoms. The van der Waals surface area contributed by atoms with E-state index in [1.165, 1.54) is 77.5 Å². The Balaban J connectivity index is 1.12. The van der Waals surface area contributed by atoms with Gasteiger partial charge >= 0.3 is 0 Å². The Bertz CT molecular complexity index is 2190. The molecule has 49 heavy (non-hydrogen) atoms. The van der Waals surface area contributed by atoms with Crippen molar-refractivity contribution in [3.63, 3.8) is 0 Å². The molecule has 0 radical (unpaired) electrons. The predicted octanol–water partition coefficient (Wildman–Crippen LogP) is 12.4. The summed E-state index contributed by atoms with van der Waals surface area (Å²) in [5, 5.41) is 0. The van der Waals surface area contributed by atoms with Gasteiger partial charge in [-0.1, -0.05) is 141 Å². The summed E-state index contributed by atoms with van der Waals surface area (Å²) in [4.78, 5) is 10.1. The summed E-state index contributed by atoms with van der Waals surface area (Å²) in [6, 6.07) is 45.8. The molecule has 6 aromatic rings. The van der Waals surface area contributed by atoms with Crippen molar-refractivity contribution in [3.05, 3.63) is 162 Å². The smallest absolute Gasteiger partial charge is 0.160 e. The minimum Gasteiger partial charge on any atom is -0.228 e. The van der Waals surface area contributed by atoms with Gasteiger partial charge in [0, 0.05) is 22.1 Å². The summed E-state index contributed by atoms with van der Waals surface area (Å²) in [5.41, 5.74) is 17.8. The van der Waals surface area contributed by atoms with Gasteiger partial charge in [-0.25, -0.2) is 9.97 Å². The molecule has 0 unspecified atom stereocenters. The molecule has 1 spiro atoms. The molecular weight excluding hydrogens is 593 g/mol. The summed E-state index contributed by atoms with van der Waals surface area (Å²) < 4.78 is 0. The highest BCUT2D eigenvalue weighted by Crippen LogP contribution is 2.58. The number of hydrogen-bond donors (Lipinski definition) is 0. The average Bonchev–Trinajstić information content (AvgIpc) is 3.43. The second kappa shape index (κ2) is 12.3. The van der Waals surface area contributed by atoms with E-state index < -0.39 is 0 Å². The van der Waals surface area contributed by atoms with Crippen LogP contribution in [0, 0.1) is 6.92 Å². The third kappa shape index (κ3) is 5.18. The van der Waals surface area contributed by atoms with Crippen molar-refractivity contribution in [2.24, 2.45) is 0 Å². The van der Waals surface area contributed by atoms with Gasteiger partial charge in [-0.2, -0.15) is 0 Å². The molecule has 5 aromatic carbocycles. The Hall–Kier alpha value is -5.34. The third-order valence-corrected chi connectivity index (χ3v) is 11.1. The van der Waals surface area contributed by atoms with Gasteiger partial charge in [0.2, 0.25) is 0 Å². The van der Waals surface area contributed by atoms with E-state index in [0.717, 1.165) is 40.3 Å². The fourth-order valence-electron chi connectivity index (χ4n) is 8.75. The first-order valence-electron chi connectivity index (χ1n) is 17.9. The van der Waals surface area contributed by atoms with Crippen LogP contribution in [0.15, 0.2) is 145 Å².